The maximum Gasteiger partial charge on any atom is 0.300 e. The maximum absolute atomic E-state index is 12.2. The molecule has 0 saturated carbocycles. The summed E-state index contributed by atoms with van der Waals surface area (Å²) in [5.74, 6) is -0.0558. The van der Waals surface area contributed by atoms with Gasteiger partial charge in [0.2, 0.25) is 0 Å². The van der Waals surface area contributed by atoms with Crippen LogP contribution in [0.25, 0.3) is 0 Å². The Hall–Kier alpha value is -3.04. The highest BCUT2D eigenvalue weighted by Crippen LogP contribution is 2.20. The number of anilines is 1. The predicted octanol–water partition coefficient (Wildman–Crippen LogP) is -0.0377. The van der Waals surface area contributed by atoms with Crippen LogP contribution in [0.2, 0.25) is 0 Å². The number of aromatic nitrogens is 4. The second-order valence-electron chi connectivity index (χ2n) is 3.98. The van der Waals surface area contributed by atoms with Gasteiger partial charge < -0.3 is 10.6 Å². The second kappa shape index (κ2) is 5.30. The number of H-pyrrole nitrogens is 1. The van der Waals surface area contributed by atoms with Gasteiger partial charge in [0.1, 0.15) is 29.7 Å². The molecule has 10 nitrogen and oxygen atoms in total. The van der Waals surface area contributed by atoms with Crippen LogP contribution in [-0.2, 0) is 6.54 Å². The van der Waals surface area contributed by atoms with E-state index in [0.29, 0.717) is 5.82 Å². The molecular formula is C10H11N7O3. The zero-order valence-electron chi connectivity index (χ0n) is 10.5. The van der Waals surface area contributed by atoms with Crippen LogP contribution in [0.15, 0.2) is 18.6 Å². The van der Waals surface area contributed by atoms with Gasteiger partial charge in [0.25, 0.3) is 11.6 Å². The number of carbonyl (C=O) groups excluding carboxylic acids is 1. The zero-order chi connectivity index (χ0) is 14.7. The van der Waals surface area contributed by atoms with E-state index in [4.69, 9.17) is 5.73 Å². The molecule has 2 rings (SSSR count). The van der Waals surface area contributed by atoms with Crippen LogP contribution in [0.3, 0.4) is 0 Å². The average Bonchev–Trinajstić information content (AvgIpc) is 2.90. The van der Waals surface area contributed by atoms with Crippen LogP contribution < -0.4 is 5.73 Å². The van der Waals surface area contributed by atoms with E-state index in [-0.39, 0.29) is 17.9 Å². The SMILES string of the molecule is CN(Cc1ncn[nH]1)C(=O)c1cc(N)ncc1[N+](=O)[O-]. The molecule has 2 aromatic rings. The number of nitro groups is 1. The van der Waals surface area contributed by atoms with Crippen molar-refractivity contribution >= 4 is 17.4 Å². The fourth-order valence-corrected chi connectivity index (χ4v) is 1.59. The van der Waals surface area contributed by atoms with Crippen LogP contribution >= 0.6 is 0 Å². The lowest BCUT2D eigenvalue weighted by molar-refractivity contribution is -0.385. The molecule has 0 fully saturated rings. The highest BCUT2D eigenvalue weighted by molar-refractivity contribution is 5.98. The topological polar surface area (TPSA) is 144 Å². The lowest BCUT2D eigenvalue weighted by Gasteiger charge is -2.15. The third kappa shape index (κ3) is 2.68. The van der Waals surface area contributed by atoms with Crippen LogP contribution in [0, 0.1) is 10.1 Å². The van der Waals surface area contributed by atoms with Crippen molar-refractivity contribution in [1.29, 1.82) is 0 Å². The summed E-state index contributed by atoms with van der Waals surface area (Å²) in [5, 5.41) is 17.2. The van der Waals surface area contributed by atoms with Crippen molar-refractivity contribution in [3.8, 4) is 0 Å². The van der Waals surface area contributed by atoms with Gasteiger partial charge in [0, 0.05) is 7.05 Å². The quantitative estimate of drug-likeness (QED) is 0.589. The van der Waals surface area contributed by atoms with Gasteiger partial charge in [-0.05, 0) is 6.07 Å². The van der Waals surface area contributed by atoms with Crippen molar-refractivity contribution in [1.82, 2.24) is 25.1 Å². The Kier molecular flexibility index (Phi) is 3.55. The Morgan fingerprint density at radius 3 is 2.90 bits per heavy atom. The molecule has 104 valence electrons. The minimum absolute atomic E-state index is 0.0343. The summed E-state index contributed by atoms with van der Waals surface area (Å²) < 4.78 is 0. The highest BCUT2D eigenvalue weighted by Gasteiger charge is 2.24. The minimum atomic E-state index is -0.679. The maximum atomic E-state index is 12.2. The molecule has 2 heterocycles. The molecule has 0 radical (unpaired) electrons. The first-order valence-corrected chi connectivity index (χ1v) is 5.48. The number of amides is 1. The molecule has 0 aliphatic heterocycles. The number of pyridine rings is 1. The van der Waals surface area contributed by atoms with E-state index in [1.807, 2.05) is 0 Å². The van der Waals surface area contributed by atoms with E-state index < -0.39 is 16.5 Å². The van der Waals surface area contributed by atoms with E-state index in [1.54, 1.807) is 0 Å². The Labute approximate surface area is 112 Å². The first-order valence-electron chi connectivity index (χ1n) is 5.48. The smallest absolute Gasteiger partial charge is 0.300 e. The third-order valence-electron chi connectivity index (χ3n) is 2.53. The largest absolute Gasteiger partial charge is 0.384 e. The van der Waals surface area contributed by atoms with Gasteiger partial charge in [-0.2, -0.15) is 5.10 Å². The van der Waals surface area contributed by atoms with Crippen LogP contribution in [0.1, 0.15) is 16.2 Å². The Morgan fingerprint density at radius 1 is 1.55 bits per heavy atom. The summed E-state index contributed by atoms with van der Waals surface area (Å²) in [4.78, 5) is 31.2. The first-order chi connectivity index (χ1) is 9.49. The van der Waals surface area contributed by atoms with Gasteiger partial charge in [0.15, 0.2) is 0 Å². The summed E-state index contributed by atoms with van der Waals surface area (Å²) in [6.45, 7) is 0.137. The molecular weight excluding hydrogens is 266 g/mol. The molecule has 0 aliphatic rings. The normalized spacial score (nSPS) is 10.2. The number of rotatable bonds is 4. The average molecular weight is 277 g/mol. The summed E-state index contributed by atoms with van der Waals surface area (Å²) in [7, 11) is 1.49. The van der Waals surface area contributed by atoms with Gasteiger partial charge >= 0.3 is 0 Å². The van der Waals surface area contributed by atoms with Gasteiger partial charge in [-0.1, -0.05) is 0 Å². The van der Waals surface area contributed by atoms with Crippen molar-refractivity contribution in [2.45, 2.75) is 6.54 Å². The molecule has 0 spiro atoms. The number of nitrogen functional groups attached to an aromatic ring is 1. The van der Waals surface area contributed by atoms with Gasteiger partial charge in [-0.25, -0.2) is 9.97 Å². The molecule has 0 aliphatic carbocycles. The third-order valence-corrected chi connectivity index (χ3v) is 2.53. The molecule has 0 atom stereocenters. The molecule has 0 aromatic carbocycles. The fraction of sp³-hybridized carbons (Fsp3) is 0.200. The summed E-state index contributed by atoms with van der Waals surface area (Å²) in [6, 6.07) is 1.18. The van der Waals surface area contributed by atoms with E-state index in [0.717, 1.165) is 6.20 Å². The Morgan fingerprint density at radius 2 is 2.30 bits per heavy atom. The van der Waals surface area contributed by atoms with E-state index in [1.165, 1.54) is 24.3 Å². The molecule has 3 N–H and O–H groups in total. The van der Waals surface area contributed by atoms with Crippen molar-refractivity contribution in [3.63, 3.8) is 0 Å². The monoisotopic (exact) mass is 277 g/mol. The standard InChI is InChI=1S/C10H11N7O3/c1-16(4-9-13-5-14-15-9)10(18)6-2-8(11)12-3-7(6)17(19)20/h2-3,5H,4H2,1H3,(H2,11,12)(H,13,14,15). The number of carbonyl (C=O) groups is 1. The number of hydrogen-bond donors (Lipinski definition) is 2. The molecule has 0 unspecified atom stereocenters. The van der Waals surface area contributed by atoms with Crippen LogP contribution in [-0.4, -0.2) is 42.9 Å². The van der Waals surface area contributed by atoms with Gasteiger partial charge in [-0.15, -0.1) is 0 Å². The molecule has 0 bridgehead atoms. The number of nitrogens with zero attached hydrogens (tertiary/aromatic N) is 5. The predicted molar refractivity (Wildman–Crippen MR) is 67.5 cm³/mol. The van der Waals surface area contributed by atoms with Crippen molar-refractivity contribution in [2.24, 2.45) is 0 Å². The van der Waals surface area contributed by atoms with E-state index in [9.17, 15) is 14.9 Å². The zero-order valence-corrected chi connectivity index (χ0v) is 10.5. The fourth-order valence-electron chi connectivity index (χ4n) is 1.59. The highest BCUT2D eigenvalue weighted by atomic mass is 16.6. The first kappa shape index (κ1) is 13.4. The second-order valence-corrected chi connectivity index (χ2v) is 3.98. The minimum Gasteiger partial charge on any atom is -0.384 e. The lowest BCUT2D eigenvalue weighted by Crippen LogP contribution is -2.27. The Bertz CT molecular complexity index is 640. The molecule has 10 heteroatoms. The molecule has 1 amide bonds. The number of hydrogen-bond acceptors (Lipinski definition) is 7. The van der Waals surface area contributed by atoms with Crippen molar-refractivity contribution in [2.75, 3.05) is 12.8 Å². The van der Waals surface area contributed by atoms with Gasteiger partial charge in [0.05, 0.1) is 11.5 Å². The van der Waals surface area contributed by atoms with Crippen molar-refractivity contribution < 1.29 is 9.72 Å². The van der Waals surface area contributed by atoms with Crippen LogP contribution in [0.4, 0.5) is 11.5 Å². The number of nitrogens with two attached hydrogens (primary N) is 1. The molecule has 0 saturated heterocycles. The number of aromatic amines is 1. The summed E-state index contributed by atoms with van der Waals surface area (Å²) in [6.07, 6.45) is 2.27. The molecule has 2 aromatic heterocycles. The van der Waals surface area contributed by atoms with E-state index >= 15 is 0 Å². The lowest BCUT2D eigenvalue weighted by atomic mass is 10.2. The number of nitrogens with one attached hydrogen (secondary N) is 1. The van der Waals surface area contributed by atoms with Gasteiger partial charge in [-0.3, -0.25) is 20.0 Å². The van der Waals surface area contributed by atoms with Crippen molar-refractivity contribution in [3.05, 3.63) is 40.1 Å². The van der Waals surface area contributed by atoms with Crippen LogP contribution in [0.5, 0.6) is 0 Å². The Balaban J connectivity index is 2.28. The molecule has 20 heavy (non-hydrogen) atoms. The summed E-state index contributed by atoms with van der Waals surface area (Å²) in [5.41, 5.74) is 4.95. The summed E-state index contributed by atoms with van der Waals surface area (Å²) >= 11 is 0. The van der Waals surface area contributed by atoms with E-state index in [2.05, 4.69) is 20.2 Å².